The number of hydrogen-bond donors (Lipinski definition) is 1. The molecular formula is C16H12ClF3N2O4. The van der Waals surface area contributed by atoms with Crippen LogP contribution in [0.15, 0.2) is 30.5 Å². The molecule has 6 nitrogen and oxygen atoms in total. The van der Waals surface area contributed by atoms with E-state index in [4.69, 9.17) is 21.1 Å². The normalized spacial score (nSPS) is 12.8. The van der Waals surface area contributed by atoms with Crippen molar-refractivity contribution >= 4 is 17.5 Å². The molecule has 0 saturated heterocycles. The van der Waals surface area contributed by atoms with Gasteiger partial charge in [-0.2, -0.15) is 13.2 Å². The molecular weight excluding hydrogens is 377 g/mol. The van der Waals surface area contributed by atoms with Crippen molar-refractivity contribution in [3.05, 3.63) is 46.6 Å². The lowest BCUT2D eigenvalue weighted by Crippen LogP contribution is -2.24. The first kappa shape index (κ1) is 18.1. The molecule has 0 aliphatic carbocycles. The second-order valence-corrected chi connectivity index (χ2v) is 5.65. The first-order chi connectivity index (χ1) is 12.3. The Bertz CT molecular complexity index is 830. The van der Waals surface area contributed by atoms with Gasteiger partial charge in [0.05, 0.1) is 5.02 Å². The van der Waals surface area contributed by atoms with Gasteiger partial charge in [0.1, 0.15) is 0 Å². The molecule has 1 aromatic heterocycles. The number of halogens is 4. The molecule has 1 amide bonds. The van der Waals surface area contributed by atoms with Crippen LogP contribution in [0.1, 0.15) is 15.9 Å². The smallest absolute Gasteiger partial charge is 0.422 e. The summed E-state index contributed by atoms with van der Waals surface area (Å²) in [5, 5.41) is 2.80. The van der Waals surface area contributed by atoms with E-state index in [0.717, 1.165) is 0 Å². The molecule has 2 heterocycles. The summed E-state index contributed by atoms with van der Waals surface area (Å²) in [4.78, 5) is 16.1. The highest BCUT2D eigenvalue weighted by Crippen LogP contribution is 2.39. The van der Waals surface area contributed by atoms with Crippen molar-refractivity contribution in [3.8, 4) is 17.4 Å². The SMILES string of the molecule is O=C(NCc1cccnc1OCC(F)(F)F)c1cc(Cl)c2c(c1)OCO2. The first-order valence-electron chi connectivity index (χ1n) is 7.34. The number of carbonyl (C=O) groups excluding carboxylic acids is 1. The zero-order valence-electron chi connectivity index (χ0n) is 13.1. The predicted octanol–water partition coefficient (Wildman–Crippen LogP) is 3.33. The maximum atomic E-state index is 12.3. The van der Waals surface area contributed by atoms with Crippen molar-refractivity contribution in [2.45, 2.75) is 12.7 Å². The van der Waals surface area contributed by atoms with E-state index in [1.165, 1.54) is 30.5 Å². The van der Waals surface area contributed by atoms with Gasteiger partial charge < -0.3 is 19.5 Å². The van der Waals surface area contributed by atoms with E-state index in [1.807, 2.05) is 0 Å². The quantitative estimate of drug-likeness (QED) is 0.850. The van der Waals surface area contributed by atoms with Crippen molar-refractivity contribution in [1.82, 2.24) is 10.3 Å². The number of nitrogens with zero attached hydrogens (tertiary/aromatic N) is 1. The molecule has 26 heavy (non-hydrogen) atoms. The molecule has 1 aliphatic heterocycles. The zero-order chi connectivity index (χ0) is 18.7. The number of carbonyl (C=O) groups is 1. The molecule has 0 saturated carbocycles. The molecule has 0 atom stereocenters. The van der Waals surface area contributed by atoms with Crippen LogP contribution in [0.5, 0.6) is 17.4 Å². The van der Waals surface area contributed by atoms with Gasteiger partial charge in [0.25, 0.3) is 5.91 Å². The first-order valence-corrected chi connectivity index (χ1v) is 7.72. The van der Waals surface area contributed by atoms with E-state index >= 15 is 0 Å². The zero-order valence-corrected chi connectivity index (χ0v) is 13.9. The number of amides is 1. The van der Waals surface area contributed by atoms with Gasteiger partial charge in [-0.15, -0.1) is 0 Å². The standard InChI is InChI=1S/C16H12ClF3N2O4/c17-11-4-10(5-12-13(11)26-8-25-12)14(23)22-6-9-2-1-3-21-15(9)24-7-16(18,19)20/h1-5H,6-8H2,(H,22,23). The molecule has 2 aromatic rings. The van der Waals surface area contributed by atoms with Crippen molar-refractivity contribution in [3.63, 3.8) is 0 Å². The number of hydrogen-bond acceptors (Lipinski definition) is 5. The van der Waals surface area contributed by atoms with E-state index in [9.17, 15) is 18.0 Å². The van der Waals surface area contributed by atoms with Crippen LogP contribution in [0.4, 0.5) is 13.2 Å². The number of alkyl halides is 3. The number of rotatable bonds is 5. The summed E-state index contributed by atoms with van der Waals surface area (Å²) in [6.07, 6.45) is -3.18. The topological polar surface area (TPSA) is 69.7 Å². The minimum absolute atomic E-state index is 0.00964. The highest BCUT2D eigenvalue weighted by Gasteiger charge is 2.29. The summed E-state index contributed by atoms with van der Waals surface area (Å²) < 4.78 is 51.9. The van der Waals surface area contributed by atoms with E-state index < -0.39 is 18.7 Å². The molecule has 0 spiro atoms. The molecule has 3 rings (SSSR count). The van der Waals surface area contributed by atoms with Gasteiger partial charge in [0.2, 0.25) is 12.7 Å². The van der Waals surface area contributed by atoms with Crippen LogP contribution in [-0.2, 0) is 6.54 Å². The van der Waals surface area contributed by atoms with Crippen molar-refractivity contribution in [2.24, 2.45) is 0 Å². The van der Waals surface area contributed by atoms with Crippen LogP contribution in [0.25, 0.3) is 0 Å². The van der Waals surface area contributed by atoms with Crippen LogP contribution in [0.2, 0.25) is 5.02 Å². The van der Waals surface area contributed by atoms with Crippen LogP contribution in [0.3, 0.4) is 0 Å². The molecule has 1 N–H and O–H groups in total. The van der Waals surface area contributed by atoms with E-state index in [0.29, 0.717) is 17.1 Å². The number of nitrogens with one attached hydrogen (secondary N) is 1. The van der Waals surface area contributed by atoms with Crippen molar-refractivity contribution < 1.29 is 32.2 Å². The Kier molecular flexibility index (Phi) is 5.08. The van der Waals surface area contributed by atoms with Gasteiger partial charge in [0.15, 0.2) is 18.1 Å². The average molecular weight is 389 g/mol. The molecule has 0 fully saturated rings. The summed E-state index contributed by atoms with van der Waals surface area (Å²) in [6.45, 7) is -1.54. The second-order valence-electron chi connectivity index (χ2n) is 5.25. The average Bonchev–Trinajstić information content (AvgIpc) is 3.07. The molecule has 0 unspecified atom stereocenters. The Morgan fingerprint density at radius 2 is 2.15 bits per heavy atom. The van der Waals surface area contributed by atoms with Crippen LogP contribution < -0.4 is 19.5 Å². The summed E-state index contributed by atoms with van der Waals surface area (Å²) in [5.74, 6) is 0.0150. The number of benzene rings is 1. The van der Waals surface area contributed by atoms with Gasteiger partial charge >= 0.3 is 6.18 Å². The fourth-order valence-electron chi connectivity index (χ4n) is 2.21. The van der Waals surface area contributed by atoms with E-state index in [2.05, 4.69) is 15.0 Å². The third-order valence-electron chi connectivity index (χ3n) is 3.35. The number of pyridine rings is 1. The predicted molar refractivity (Wildman–Crippen MR) is 84.5 cm³/mol. The maximum Gasteiger partial charge on any atom is 0.422 e. The molecule has 1 aliphatic rings. The van der Waals surface area contributed by atoms with Crippen molar-refractivity contribution in [2.75, 3.05) is 13.4 Å². The second kappa shape index (κ2) is 7.28. The fraction of sp³-hybridized carbons (Fsp3) is 0.250. The highest BCUT2D eigenvalue weighted by molar-refractivity contribution is 6.32. The molecule has 138 valence electrons. The summed E-state index contributed by atoms with van der Waals surface area (Å²) in [6, 6.07) is 5.91. The molecule has 10 heteroatoms. The lowest BCUT2D eigenvalue weighted by Gasteiger charge is -2.12. The summed E-state index contributed by atoms with van der Waals surface area (Å²) in [5.41, 5.74) is 0.526. The molecule has 0 radical (unpaired) electrons. The Morgan fingerprint density at radius 3 is 2.92 bits per heavy atom. The lowest BCUT2D eigenvalue weighted by atomic mass is 10.2. The van der Waals surface area contributed by atoms with Gasteiger partial charge in [-0.05, 0) is 18.2 Å². The maximum absolute atomic E-state index is 12.3. The van der Waals surface area contributed by atoms with Gasteiger partial charge in [-0.3, -0.25) is 4.79 Å². The van der Waals surface area contributed by atoms with Crippen molar-refractivity contribution in [1.29, 1.82) is 0 Å². The Labute approximate surface area is 150 Å². The number of fused-ring (bicyclic) bond motifs is 1. The fourth-order valence-corrected chi connectivity index (χ4v) is 2.48. The Morgan fingerprint density at radius 1 is 1.35 bits per heavy atom. The van der Waals surface area contributed by atoms with Gasteiger partial charge in [-0.1, -0.05) is 17.7 Å². The summed E-state index contributed by atoms with van der Waals surface area (Å²) >= 11 is 6.02. The van der Waals surface area contributed by atoms with E-state index in [1.54, 1.807) is 0 Å². The minimum atomic E-state index is -4.48. The van der Waals surface area contributed by atoms with Gasteiger partial charge in [-0.25, -0.2) is 4.98 Å². The Hall–Kier alpha value is -2.68. The third kappa shape index (κ3) is 4.29. The summed E-state index contributed by atoms with van der Waals surface area (Å²) in [7, 11) is 0. The Balaban J connectivity index is 1.68. The lowest BCUT2D eigenvalue weighted by molar-refractivity contribution is -0.154. The monoisotopic (exact) mass is 388 g/mol. The minimum Gasteiger partial charge on any atom is -0.468 e. The van der Waals surface area contributed by atoms with E-state index in [-0.39, 0.29) is 29.8 Å². The van der Waals surface area contributed by atoms with Gasteiger partial charge in [0, 0.05) is 23.9 Å². The molecule has 0 bridgehead atoms. The van der Waals surface area contributed by atoms with Crippen LogP contribution in [0, 0.1) is 0 Å². The third-order valence-corrected chi connectivity index (χ3v) is 3.63. The molecule has 1 aromatic carbocycles. The largest absolute Gasteiger partial charge is 0.468 e. The van der Waals surface area contributed by atoms with Crippen LogP contribution in [-0.4, -0.2) is 30.5 Å². The number of ether oxygens (including phenoxy) is 3. The highest BCUT2D eigenvalue weighted by atomic mass is 35.5. The van der Waals surface area contributed by atoms with Crippen LogP contribution >= 0.6 is 11.6 Å². The number of aromatic nitrogens is 1.